The van der Waals surface area contributed by atoms with E-state index in [1.165, 1.54) is 16.9 Å². The van der Waals surface area contributed by atoms with Gasteiger partial charge in [0.25, 0.3) is 0 Å². The average molecular weight is 426 g/mol. The zero-order valence-corrected chi connectivity index (χ0v) is 18.3. The topological polar surface area (TPSA) is 103 Å². The van der Waals surface area contributed by atoms with Crippen molar-refractivity contribution in [3.63, 3.8) is 0 Å². The Labute approximate surface area is 182 Å². The normalized spacial score (nSPS) is 30.7. The molecule has 4 rings (SSSR count). The maximum absolute atomic E-state index is 10.9. The van der Waals surface area contributed by atoms with Gasteiger partial charge in [0.1, 0.15) is 5.00 Å². The summed E-state index contributed by atoms with van der Waals surface area (Å²) in [6, 6.07) is 8.80. The van der Waals surface area contributed by atoms with Crippen molar-refractivity contribution in [3.05, 3.63) is 46.1 Å². The predicted molar refractivity (Wildman–Crippen MR) is 119 cm³/mol. The van der Waals surface area contributed by atoms with E-state index in [1.54, 1.807) is 6.20 Å². The smallest absolute Gasteiger partial charge is 0.106 e. The minimum Gasteiger partial charge on any atom is -0.392 e. The Kier molecular flexibility index (Phi) is 6.43. The van der Waals surface area contributed by atoms with Gasteiger partial charge in [0.05, 0.1) is 35.4 Å². The number of nitriles is 1. The van der Waals surface area contributed by atoms with E-state index < -0.39 is 12.2 Å². The highest BCUT2D eigenvalue weighted by atomic mass is 32.1. The lowest BCUT2D eigenvalue weighted by Crippen LogP contribution is -2.20. The Bertz CT molecular complexity index is 921. The largest absolute Gasteiger partial charge is 0.392 e. The molecule has 0 aliphatic heterocycles. The number of hydrogen-bond donors (Lipinski definition) is 3. The monoisotopic (exact) mass is 425 g/mol. The number of nitrogens with zero attached hydrogens (tertiary/aromatic N) is 2. The van der Waals surface area contributed by atoms with Gasteiger partial charge < -0.3 is 15.9 Å². The number of aliphatic hydroxyl groups excluding tert-OH is 2. The molecule has 160 valence electrons. The second-order valence-electron chi connectivity index (χ2n) is 8.86. The van der Waals surface area contributed by atoms with Crippen molar-refractivity contribution in [2.24, 2.45) is 11.8 Å². The number of anilines is 1. The summed E-state index contributed by atoms with van der Waals surface area (Å²) in [4.78, 5) is 4.34. The van der Waals surface area contributed by atoms with Crippen molar-refractivity contribution in [2.75, 3.05) is 5.73 Å². The quantitative estimate of drug-likeness (QED) is 0.624. The highest BCUT2D eigenvalue weighted by Gasteiger charge is 2.43. The summed E-state index contributed by atoms with van der Waals surface area (Å²) < 4.78 is 0. The molecule has 2 aliphatic rings. The van der Waals surface area contributed by atoms with Crippen LogP contribution in [0.25, 0.3) is 0 Å². The molecule has 4 N–H and O–H groups in total. The molecule has 30 heavy (non-hydrogen) atoms. The first kappa shape index (κ1) is 21.3. The summed E-state index contributed by atoms with van der Waals surface area (Å²) in [6.07, 6.45) is 6.89. The van der Waals surface area contributed by atoms with Crippen LogP contribution in [-0.2, 0) is 6.42 Å². The molecule has 0 bridgehead atoms. The van der Waals surface area contributed by atoms with E-state index >= 15 is 0 Å². The number of hydrogen-bond acceptors (Lipinski definition) is 6. The van der Waals surface area contributed by atoms with Gasteiger partial charge in [0.15, 0.2) is 0 Å². The minimum absolute atomic E-state index is 0.0297. The number of nitrogen functional groups attached to an aromatic ring is 1. The highest BCUT2D eigenvalue weighted by Crippen LogP contribution is 2.48. The molecule has 2 aliphatic carbocycles. The standard InChI is InChI=1S/C24H31N3O2S/c1-2-14-7-9-20(28)18-8-6-15(10-19(14)18)24-17(16(12-25)11-21(24)29)4-3-5-23-27-13-22(26)30-23/h6,8,10,13-14,16-17,20-21,24,28-29H,2-5,7,9,11,26H2,1H3/t14?,16-,17?,20?,21+,24?/m0/s1. The molecular weight excluding hydrogens is 394 g/mol. The third-order valence-corrected chi connectivity index (χ3v) is 8.02. The molecule has 0 spiro atoms. The minimum atomic E-state index is -0.498. The molecule has 1 aromatic carbocycles. The van der Waals surface area contributed by atoms with Crippen molar-refractivity contribution in [3.8, 4) is 6.07 Å². The second kappa shape index (κ2) is 9.05. The first-order chi connectivity index (χ1) is 14.5. The van der Waals surface area contributed by atoms with Gasteiger partial charge in [-0.2, -0.15) is 5.26 Å². The van der Waals surface area contributed by atoms with Crippen LogP contribution in [0.2, 0.25) is 0 Å². The first-order valence-electron chi connectivity index (χ1n) is 11.1. The van der Waals surface area contributed by atoms with Gasteiger partial charge in [-0.3, -0.25) is 0 Å². The van der Waals surface area contributed by atoms with Crippen LogP contribution in [0.5, 0.6) is 0 Å². The molecule has 1 fully saturated rings. The van der Waals surface area contributed by atoms with Gasteiger partial charge in [0, 0.05) is 5.92 Å². The van der Waals surface area contributed by atoms with Crippen molar-refractivity contribution >= 4 is 16.3 Å². The number of benzene rings is 1. The summed E-state index contributed by atoms with van der Waals surface area (Å²) in [5.74, 6) is 0.435. The Balaban J connectivity index is 1.56. The fourth-order valence-corrected chi connectivity index (χ4v) is 6.33. The van der Waals surface area contributed by atoms with Gasteiger partial charge in [0.2, 0.25) is 0 Å². The lowest BCUT2D eigenvalue weighted by Gasteiger charge is -2.31. The van der Waals surface area contributed by atoms with Gasteiger partial charge in [-0.25, -0.2) is 4.98 Å². The molecule has 2 aromatic rings. The summed E-state index contributed by atoms with van der Waals surface area (Å²) in [5.41, 5.74) is 9.18. The van der Waals surface area contributed by atoms with E-state index in [9.17, 15) is 15.5 Å². The van der Waals surface area contributed by atoms with Crippen LogP contribution in [0.1, 0.15) is 85.1 Å². The molecule has 1 aromatic heterocycles. The van der Waals surface area contributed by atoms with Crippen LogP contribution < -0.4 is 5.73 Å². The third kappa shape index (κ3) is 4.12. The van der Waals surface area contributed by atoms with Crippen LogP contribution in [0.3, 0.4) is 0 Å². The van der Waals surface area contributed by atoms with Crippen molar-refractivity contribution in [1.82, 2.24) is 4.98 Å². The Morgan fingerprint density at radius 2 is 2.10 bits per heavy atom. The van der Waals surface area contributed by atoms with Gasteiger partial charge >= 0.3 is 0 Å². The van der Waals surface area contributed by atoms with Crippen molar-refractivity contribution < 1.29 is 10.2 Å². The van der Waals surface area contributed by atoms with Crippen LogP contribution in [0, 0.1) is 23.2 Å². The molecule has 0 radical (unpaired) electrons. The van der Waals surface area contributed by atoms with Crippen LogP contribution in [-0.4, -0.2) is 21.3 Å². The van der Waals surface area contributed by atoms with E-state index in [0.717, 1.165) is 59.7 Å². The van der Waals surface area contributed by atoms with E-state index in [1.807, 2.05) is 0 Å². The number of fused-ring (bicyclic) bond motifs is 1. The zero-order valence-electron chi connectivity index (χ0n) is 17.5. The van der Waals surface area contributed by atoms with Gasteiger partial charge in [-0.15, -0.1) is 11.3 Å². The molecular formula is C24H31N3O2S. The maximum Gasteiger partial charge on any atom is 0.106 e. The molecule has 6 atom stereocenters. The lowest BCUT2D eigenvalue weighted by molar-refractivity contribution is 0.148. The average Bonchev–Trinajstić information content (AvgIpc) is 3.30. The summed E-state index contributed by atoms with van der Waals surface area (Å²) in [6.45, 7) is 2.20. The van der Waals surface area contributed by atoms with E-state index in [4.69, 9.17) is 5.73 Å². The fourth-order valence-electron chi connectivity index (χ4n) is 5.60. The number of aliphatic hydroxyl groups is 2. The molecule has 0 saturated heterocycles. The lowest BCUT2D eigenvalue weighted by atomic mass is 9.76. The summed E-state index contributed by atoms with van der Waals surface area (Å²) in [5, 5.41) is 32.8. The Morgan fingerprint density at radius 1 is 1.27 bits per heavy atom. The van der Waals surface area contributed by atoms with Crippen molar-refractivity contribution in [2.45, 2.75) is 75.9 Å². The number of nitrogens with two attached hydrogens (primary N) is 1. The number of aromatic nitrogens is 1. The fraction of sp³-hybridized carbons (Fsp3) is 0.583. The predicted octanol–water partition coefficient (Wildman–Crippen LogP) is 4.67. The Hall–Kier alpha value is -1.94. The summed E-state index contributed by atoms with van der Waals surface area (Å²) in [7, 11) is 0. The zero-order chi connectivity index (χ0) is 21.3. The van der Waals surface area contributed by atoms with Crippen molar-refractivity contribution in [1.29, 1.82) is 5.26 Å². The van der Waals surface area contributed by atoms with Crippen LogP contribution in [0.4, 0.5) is 5.00 Å². The molecule has 1 saturated carbocycles. The van der Waals surface area contributed by atoms with E-state index in [-0.39, 0.29) is 17.8 Å². The highest BCUT2D eigenvalue weighted by molar-refractivity contribution is 7.15. The van der Waals surface area contributed by atoms with E-state index in [0.29, 0.717) is 12.3 Å². The summed E-state index contributed by atoms with van der Waals surface area (Å²) >= 11 is 1.52. The van der Waals surface area contributed by atoms with Gasteiger partial charge in [-0.05, 0) is 73.5 Å². The molecule has 1 heterocycles. The Morgan fingerprint density at radius 3 is 2.80 bits per heavy atom. The van der Waals surface area contributed by atoms with Crippen LogP contribution in [0.15, 0.2) is 24.4 Å². The van der Waals surface area contributed by atoms with Gasteiger partial charge in [-0.1, -0.05) is 25.1 Å². The van der Waals surface area contributed by atoms with Crippen LogP contribution >= 0.6 is 11.3 Å². The number of rotatable bonds is 6. The molecule has 5 nitrogen and oxygen atoms in total. The first-order valence-corrected chi connectivity index (χ1v) is 11.9. The second-order valence-corrected chi connectivity index (χ2v) is 10.0. The third-order valence-electron chi connectivity index (χ3n) is 7.13. The SMILES string of the molecule is CCC1CCC(O)c2ccc(C3C(CCCc4ncc(N)s4)[C@H](C#N)C[C@H]3O)cc21. The van der Waals surface area contributed by atoms with E-state index in [2.05, 4.69) is 36.2 Å². The number of aryl methyl sites for hydroxylation is 1. The molecule has 0 amide bonds. The number of thiazole rings is 1. The maximum atomic E-state index is 10.9. The molecule has 4 unspecified atom stereocenters. The molecule has 6 heteroatoms.